The third kappa shape index (κ3) is 21.4. The van der Waals surface area contributed by atoms with Crippen LogP contribution in [0.4, 0.5) is 23.5 Å². The quantitative estimate of drug-likeness (QED) is 0.0316. The van der Waals surface area contributed by atoms with Crippen LogP contribution in [0.25, 0.3) is 5.70 Å². The zero-order chi connectivity index (χ0) is 42.9. The van der Waals surface area contributed by atoms with Gasteiger partial charge in [-0.1, -0.05) is 135 Å². The lowest BCUT2D eigenvalue weighted by molar-refractivity contribution is 0.0912. The molecule has 0 aliphatic heterocycles. The summed E-state index contributed by atoms with van der Waals surface area (Å²) in [5, 5.41) is 16.2. The molecule has 0 saturated carbocycles. The van der Waals surface area contributed by atoms with Gasteiger partial charge in [-0.25, -0.2) is 0 Å². The number of unbranched alkanes of at least 4 members (excludes halogenated alkanes) is 5. The van der Waals surface area contributed by atoms with Crippen LogP contribution >= 0.6 is 0 Å². The van der Waals surface area contributed by atoms with Gasteiger partial charge in [0, 0.05) is 55.5 Å². The summed E-state index contributed by atoms with van der Waals surface area (Å²) in [6.45, 7) is 26.8. The number of anilines is 4. The number of hydrogen-bond acceptors (Lipinski definition) is 10. The van der Waals surface area contributed by atoms with E-state index in [-0.39, 0.29) is 11.8 Å². The molecule has 1 aromatic heterocycles. The molecule has 2 unspecified atom stereocenters. The zero-order valence-electron chi connectivity index (χ0n) is 36.5. The van der Waals surface area contributed by atoms with Crippen molar-refractivity contribution in [1.82, 2.24) is 25.6 Å². The molecule has 2 atom stereocenters. The molecular formula is C48H72N8O3. The van der Waals surface area contributed by atoms with E-state index in [0.717, 1.165) is 67.9 Å². The number of allylic oxidation sites excluding steroid dienone is 5. The summed E-state index contributed by atoms with van der Waals surface area (Å²) in [4.78, 5) is 26.7. The SMILES string of the molecule is C=C/C=C\C(/C=C(\C=C)Nc1nc(NCCOCCCCCNC(=C)c2ccccc2)nc(Nc2ccc(C(=O)NCCOCCCCCC)cc2)n1)C(C)CC.CC. The van der Waals surface area contributed by atoms with Crippen LogP contribution in [0, 0.1) is 11.8 Å². The molecule has 1 amide bonds. The number of nitrogens with zero attached hydrogens (tertiary/aromatic N) is 3. The lowest BCUT2D eigenvalue weighted by atomic mass is 9.90. The predicted octanol–water partition coefficient (Wildman–Crippen LogP) is 10.7. The van der Waals surface area contributed by atoms with E-state index in [9.17, 15) is 4.79 Å². The van der Waals surface area contributed by atoms with Crippen molar-refractivity contribution >= 4 is 35.1 Å². The Morgan fingerprint density at radius 2 is 1.41 bits per heavy atom. The van der Waals surface area contributed by atoms with E-state index in [0.29, 0.717) is 62.2 Å². The molecule has 59 heavy (non-hydrogen) atoms. The Labute approximate surface area is 355 Å². The van der Waals surface area contributed by atoms with Crippen molar-refractivity contribution in [2.24, 2.45) is 11.8 Å². The van der Waals surface area contributed by atoms with Crippen LogP contribution in [-0.4, -0.2) is 66.9 Å². The predicted molar refractivity (Wildman–Crippen MR) is 249 cm³/mol. The summed E-state index contributed by atoms with van der Waals surface area (Å²) < 4.78 is 11.6. The van der Waals surface area contributed by atoms with Crippen LogP contribution in [0.5, 0.6) is 0 Å². The van der Waals surface area contributed by atoms with Gasteiger partial charge in [-0.05, 0) is 73.4 Å². The fourth-order valence-electron chi connectivity index (χ4n) is 5.68. The van der Waals surface area contributed by atoms with Crippen LogP contribution in [0.3, 0.4) is 0 Å². The molecule has 0 aliphatic carbocycles. The highest BCUT2D eigenvalue weighted by molar-refractivity contribution is 5.94. The molecule has 3 rings (SSSR count). The van der Waals surface area contributed by atoms with E-state index in [1.165, 1.54) is 19.3 Å². The third-order valence-electron chi connectivity index (χ3n) is 9.29. The Balaban J connectivity index is 0.00000590. The maximum Gasteiger partial charge on any atom is 0.251 e. The molecule has 0 radical (unpaired) electrons. The van der Waals surface area contributed by atoms with E-state index < -0.39 is 0 Å². The molecule has 5 N–H and O–H groups in total. The molecule has 11 nitrogen and oxygen atoms in total. The van der Waals surface area contributed by atoms with Gasteiger partial charge in [-0.3, -0.25) is 4.79 Å². The van der Waals surface area contributed by atoms with Gasteiger partial charge in [0.2, 0.25) is 17.8 Å². The topological polar surface area (TPSA) is 134 Å². The van der Waals surface area contributed by atoms with E-state index in [1.54, 1.807) is 24.3 Å². The van der Waals surface area contributed by atoms with Crippen LogP contribution < -0.4 is 26.6 Å². The smallest absolute Gasteiger partial charge is 0.251 e. The van der Waals surface area contributed by atoms with E-state index in [2.05, 4.69) is 106 Å². The molecule has 1 heterocycles. The zero-order valence-corrected chi connectivity index (χ0v) is 36.5. The van der Waals surface area contributed by atoms with Crippen molar-refractivity contribution in [1.29, 1.82) is 0 Å². The number of carbonyl (C=O) groups is 1. The summed E-state index contributed by atoms with van der Waals surface area (Å²) in [6.07, 6.45) is 18.5. The summed E-state index contributed by atoms with van der Waals surface area (Å²) in [7, 11) is 0. The lowest BCUT2D eigenvalue weighted by Gasteiger charge is -2.18. The second kappa shape index (κ2) is 31.7. The first kappa shape index (κ1) is 49.9. The molecule has 3 aromatic rings. The first-order chi connectivity index (χ1) is 28.9. The monoisotopic (exact) mass is 809 g/mol. The van der Waals surface area contributed by atoms with E-state index in [1.807, 2.05) is 50.3 Å². The van der Waals surface area contributed by atoms with E-state index >= 15 is 0 Å². The fourth-order valence-corrected chi connectivity index (χ4v) is 5.68. The number of carbonyl (C=O) groups excluding carboxylic acids is 1. The standard InChI is InChI=1S/C46H66N8O3.C2H6/c1-7-11-13-19-31-56-33-29-48-43(55)39-24-26-42(27-25-39)51-46-53-44(52-45(54-46)50-41(10-4)35-40(21-12-8-2)36(5)9-3)49-30-34-57-32-20-15-18-28-47-37(6)38-22-16-14-17-23-38;1-2/h8,10,12,14,16-17,21-27,35-36,40,47H,2,4,6-7,9,11,13,15,18-20,28-34H2,1,3,5H3,(H,48,55)(H3,49,50,51,52,53,54);1-2H3/b21-12-,41-35+;. The number of ether oxygens (including phenoxy) is 2. The van der Waals surface area contributed by atoms with Crippen molar-refractivity contribution in [2.45, 2.75) is 86.0 Å². The number of hydrogen-bond donors (Lipinski definition) is 5. The highest BCUT2D eigenvalue weighted by Gasteiger charge is 2.13. The highest BCUT2D eigenvalue weighted by atomic mass is 16.5. The summed E-state index contributed by atoms with van der Waals surface area (Å²) in [6, 6.07) is 17.3. The summed E-state index contributed by atoms with van der Waals surface area (Å²) in [5.74, 6) is 1.49. The Kier molecular flexibility index (Phi) is 26.8. The van der Waals surface area contributed by atoms with Gasteiger partial charge < -0.3 is 36.1 Å². The lowest BCUT2D eigenvalue weighted by Crippen LogP contribution is -2.27. The van der Waals surface area contributed by atoms with Gasteiger partial charge >= 0.3 is 0 Å². The summed E-state index contributed by atoms with van der Waals surface area (Å²) in [5.41, 5.74) is 4.11. The number of benzene rings is 2. The second-order valence-electron chi connectivity index (χ2n) is 13.8. The van der Waals surface area contributed by atoms with Crippen molar-refractivity contribution in [2.75, 3.05) is 62.0 Å². The third-order valence-corrected chi connectivity index (χ3v) is 9.29. The van der Waals surface area contributed by atoms with Crippen molar-refractivity contribution in [3.8, 4) is 0 Å². The Hall–Kier alpha value is -5.26. The van der Waals surface area contributed by atoms with Gasteiger partial charge in [0.25, 0.3) is 5.91 Å². The molecular weight excluding hydrogens is 737 g/mol. The maximum absolute atomic E-state index is 12.7. The molecule has 0 bridgehead atoms. The highest BCUT2D eigenvalue weighted by Crippen LogP contribution is 2.22. The van der Waals surface area contributed by atoms with Crippen molar-refractivity contribution < 1.29 is 14.3 Å². The minimum absolute atomic E-state index is 0.152. The first-order valence-electron chi connectivity index (χ1n) is 21.6. The number of aromatic nitrogens is 3. The average molecular weight is 809 g/mol. The minimum Gasteiger partial charge on any atom is -0.385 e. The van der Waals surface area contributed by atoms with Gasteiger partial charge in [0.1, 0.15) is 0 Å². The molecule has 11 heteroatoms. The van der Waals surface area contributed by atoms with Crippen molar-refractivity contribution in [3.63, 3.8) is 0 Å². The van der Waals surface area contributed by atoms with Gasteiger partial charge in [0.15, 0.2) is 0 Å². The Morgan fingerprint density at radius 3 is 2.07 bits per heavy atom. The number of nitrogens with one attached hydrogen (secondary N) is 5. The number of rotatable bonds is 31. The largest absolute Gasteiger partial charge is 0.385 e. The summed E-state index contributed by atoms with van der Waals surface area (Å²) >= 11 is 0. The van der Waals surface area contributed by atoms with Crippen LogP contribution in [-0.2, 0) is 9.47 Å². The molecule has 0 fully saturated rings. The maximum atomic E-state index is 12.7. The van der Waals surface area contributed by atoms with Gasteiger partial charge in [-0.2, -0.15) is 15.0 Å². The average Bonchev–Trinajstić information content (AvgIpc) is 3.27. The molecule has 0 saturated heterocycles. The second-order valence-corrected chi connectivity index (χ2v) is 13.8. The molecule has 2 aromatic carbocycles. The van der Waals surface area contributed by atoms with Crippen molar-refractivity contribution in [3.05, 3.63) is 122 Å². The van der Waals surface area contributed by atoms with E-state index in [4.69, 9.17) is 9.47 Å². The minimum atomic E-state index is -0.152. The Bertz CT molecular complexity index is 1680. The van der Waals surface area contributed by atoms with Crippen LogP contribution in [0.2, 0.25) is 0 Å². The van der Waals surface area contributed by atoms with Crippen LogP contribution in [0.15, 0.2) is 110 Å². The number of amides is 1. The molecule has 0 spiro atoms. The van der Waals surface area contributed by atoms with Crippen LogP contribution in [0.1, 0.15) is 102 Å². The molecule has 322 valence electrons. The van der Waals surface area contributed by atoms with Gasteiger partial charge in [0.05, 0.1) is 13.2 Å². The van der Waals surface area contributed by atoms with Gasteiger partial charge in [-0.15, -0.1) is 0 Å². The molecule has 0 aliphatic rings. The fraction of sp³-hybridized carbons (Fsp3) is 0.458. The normalized spacial score (nSPS) is 12.1. The first-order valence-corrected chi connectivity index (χ1v) is 21.6. The Morgan fingerprint density at radius 1 is 0.746 bits per heavy atom.